The average Bonchev–Trinajstić information content (AvgIpc) is 2.09. The summed E-state index contributed by atoms with van der Waals surface area (Å²) in [5.74, 6) is -0.256. The number of ether oxygens (including phenoxy) is 1. The molecule has 0 unspecified atom stereocenters. The number of carbonyl (C=O) groups is 1. The summed E-state index contributed by atoms with van der Waals surface area (Å²) in [6.07, 6.45) is 8.35. The van der Waals surface area contributed by atoms with Gasteiger partial charge in [0, 0.05) is 6.92 Å². The Morgan fingerprint density at radius 2 is 2.23 bits per heavy atom. The lowest BCUT2D eigenvalue weighted by Gasteiger charge is -2.01. The van der Waals surface area contributed by atoms with Crippen LogP contribution < -0.4 is 0 Å². The number of hydrogen-bond donors (Lipinski definition) is 0. The van der Waals surface area contributed by atoms with Crippen molar-refractivity contribution < 1.29 is 9.53 Å². The van der Waals surface area contributed by atoms with Gasteiger partial charge in [0.1, 0.15) is 6.61 Å². The minimum absolute atomic E-state index is 0.256. The van der Waals surface area contributed by atoms with E-state index in [2.05, 4.69) is 6.58 Å². The number of hydrogen-bond acceptors (Lipinski definition) is 2. The van der Waals surface area contributed by atoms with Crippen LogP contribution in [-0.4, -0.2) is 12.6 Å². The minimum atomic E-state index is -0.256. The Morgan fingerprint density at radius 3 is 2.69 bits per heavy atom. The van der Waals surface area contributed by atoms with Crippen LogP contribution in [0.5, 0.6) is 0 Å². The van der Waals surface area contributed by atoms with Gasteiger partial charge in [-0.1, -0.05) is 37.8 Å². The maximum atomic E-state index is 10.5. The van der Waals surface area contributed by atoms with Crippen molar-refractivity contribution in [3.05, 3.63) is 36.5 Å². The summed E-state index contributed by atoms with van der Waals surface area (Å²) in [5, 5.41) is 0. The second-order valence-corrected chi connectivity index (χ2v) is 2.56. The van der Waals surface area contributed by atoms with Crippen LogP contribution in [0.1, 0.15) is 20.3 Å². The summed E-state index contributed by atoms with van der Waals surface area (Å²) in [5.41, 5.74) is 0.998. The van der Waals surface area contributed by atoms with Crippen molar-refractivity contribution in [2.75, 3.05) is 6.61 Å². The largest absolute Gasteiger partial charge is 0.461 e. The van der Waals surface area contributed by atoms with Gasteiger partial charge in [0.15, 0.2) is 0 Å². The molecule has 72 valence electrons. The van der Waals surface area contributed by atoms with E-state index in [4.69, 9.17) is 4.74 Å². The fourth-order valence-corrected chi connectivity index (χ4v) is 0.814. The fourth-order valence-electron chi connectivity index (χ4n) is 0.814. The van der Waals surface area contributed by atoms with Gasteiger partial charge >= 0.3 is 5.97 Å². The molecule has 0 saturated heterocycles. The zero-order valence-electron chi connectivity index (χ0n) is 8.25. The Labute approximate surface area is 79.6 Å². The van der Waals surface area contributed by atoms with Crippen LogP contribution in [0.2, 0.25) is 0 Å². The SMILES string of the molecule is C=C/C=C\C(=C/CC)COC(C)=O. The number of allylic oxidation sites excluding steroid dienone is 3. The van der Waals surface area contributed by atoms with Crippen molar-refractivity contribution in [2.24, 2.45) is 0 Å². The van der Waals surface area contributed by atoms with Gasteiger partial charge in [-0.2, -0.15) is 0 Å². The van der Waals surface area contributed by atoms with Gasteiger partial charge in [0.05, 0.1) is 0 Å². The van der Waals surface area contributed by atoms with Gasteiger partial charge in [-0.15, -0.1) is 0 Å². The highest BCUT2D eigenvalue weighted by atomic mass is 16.5. The molecular formula is C11H16O2. The maximum Gasteiger partial charge on any atom is 0.302 e. The van der Waals surface area contributed by atoms with E-state index in [1.54, 1.807) is 6.08 Å². The van der Waals surface area contributed by atoms with E-state index in [1.165, 1.54) is 6.92 Å². The molecule has 0 N–H and O–H groups in total. The first kappa shape index (κ1) is 11.7. The van der Waals surface area contributed by atoms with Crippen LogP contribution in [0, 0.1) is 0 Å². The Hall–Kier alpha value is -1.31. The number of rotatable bonds is 5. The van der Waals surface area contributed by atoms with Crippen LogP contribution >= 0.6 is 0 Å². The number of esters is 1. The van der Waals surface area contributed by atoms with Gasteiger partial charge in [0.2, 0.25) is 0 Å². The molecule has 0 aromatic heterocycles. The van der Waals surface area contributed by atoms with Crippen LogP contribution in [0.4, 0.5) is 0 Å². The van der Waals surface area contributed by atoms with E-state index in [0.29, 0.717) is 6.61 Å². The molecule has 0 aromatic carbocycles. The Morgan fingerprint density at radius 1 is 1.54 bits per heavy atom. The molecular weight excluding hydrogens is 164 g/mol. The van der Waals surface area contributed by atoms with E-state index < -0.39 is 0 Å². The summed E-state index contributed by atoms with van der Waals surface area (Å²) < 4.78 is 4.86. The molecule has 0 atom stereocenters. The van der Waals surface area contributed by atoms with E-state index in [-0.39, 0.29) is 5.97 Å². The summed E-state index contributed by atoms with van der Waals surface area (Å²) in [4.78, 5) is 10.5. The Bertz CT molecular complexity index is 224. The standard InChI is InChI=1S/C11H16O2/c1-4-6-8-11(7-5-2)9-13-10(3)12/h4,6-8H,1,5,9H2,2-3H3/b8-6-,11-7+. The van der Waals surface area contributed by atoms with Gasteiger partial charge in [-0.3, -0.25) is 4.79 Å². The lowest BCUT2D eigenvalue weighted by molar-refractivity contribution is -0.139. The molecule has 0 aliphatic heterocycles. The molecule has 0 rings (SSSR count). The third-order valence-corrected chi connectivity index (χ3v) is 1.35. The van der Waals surface area contributed by atoms with E-state index >= 15 is 0 Å². The van der Waals surface area contributed by atoms with Crippen molar-refractivity contribution in [3.8, 4) is 0 Å². The van der Waals surface area contributed by atoms with Crippen LogP contribution in [0.25, 0.3) is 0 Å². The highest BCUT2D eigenvalue weighted by Gasteiger charge is 1.94. The second kappa shape index (κ2) is 7.35. The minimum Gasteiger partial charge on any atom is -0.461 e. The van der Waals surface area contributed by atoms with Crippen LogP contribution in [0.3, 0.4) is 0 Å². The summed E-state index contributed by atoms with van der Waals surface area (Å²) >= 11 is 0. The quantitative estimate of drug-likeness (QED) is 0.480. The molecule has 0 aliphatic rings. The zero-order chi connectivity index (χ0) is 10.1. The Balaban J connectivity index is 4.10. The summed E-state index contributed by atoms with van der Waals surface area (Å²) in [7, 11) is 0. The molecule has 2 heteroatoms. The van der Waals surface area contributed by atoms with E-state index in [0.717, 1.165) is 12.0 Å². The highest BCUT2D eigenvalue weighted by molar-refractivity contribution is 5.66. The fraction of sp³-hybridized carbons (Fsp3) is 0.364. The van der Waals surface area contributed by atoms with Crippen molar-refractivity contribution >= 4 is 5.97 Å². The molecule has 0 aromatic rings. The second-order valence-electron chi connectivity index (χ2n) is 2.56. The molecule has 0 spiro atoms. The Kier molecular flexibility index (Phi) is 6.60. The lowest BCUT2D eigenvalue weighted by atomic mass is 10.2. The first-order chi connectivity index (χ1) is 6.20. The molecule has 0 bridgehead atoms. The van der Waals surface area contributed by atoms with Gasteiger partial charge in [-0.05, 0) is 12.0 Å². The summed E-state index contributed by atoms with van der Waals surface area (Å²) in [6, 6.07) is 0. The van der Waals surface area contributed by atoms with Gasteiger partial charge < -0.3 is 4.74 Å². The predicted octanol–water partition coefficient (Wildman–Crippen LogP) is 2.63. The van der Waals surface area contributed by atoms with Crippen molar-refractivity contribution in [2.45, 2.75) is 20.3 Å². The predicted molar refractivity (Wildman–Crippen MR) is 54.3 cm³/mol. The maximum absolute atomic E-state index is 10.5. The van der Waals surface area contributed by atoms with Crippen LogP contribution in [-0.2, 0) is 9.53 Å². The first-order valence-electron chi connectivity index (χ1n) is 4.32. The molecule has 0 saturated carbocycles. The molecule has 0 heterocycles. The monoisotopic (exact) mass is 180 g/mol. The van der Waals surface area contributed by atoms with Gasteiger partial charge in [-0.25, -0.2) is 0 Å². The van der Waals surface area contributed by atoms with E-state index in [9.17, 15) is 4.79 Å². The summed E-state index contributed by atoms with van der Waals surface area (Å²) in [6.45, 7) is 7.35. The molecule has 0 aliphatic carbocycles. The topological polar surface area (TPSA) is 26.3 Å². The molecule has 0 fully saturated rings. The lowest BCUT2D eigenvalue weighted by Crippen LogP contribution is -2.01. The van der Waals surface area contributed by atoms with Crippen molar-refractivity contribution in [1.82, 2.24) is 0 Å². The van der Waals surface area contributed by atoms with Crippen LogP contribution in [0.15, 0.2) is 36.5 Å². The van der Waals surface area contributed by atoms with Crippen molar-refractivity contribution in [1.29, 1.82) is 0 Å². The smallest absolute Gasteiger partial charge is 0.302 e. The normalized spacial score (nSPS) is 11.7. The zero-order valence-corrected chi connectivity index (χ0v) is 8.25. The first-order valence-corrected chi connectivity index (χ1v) is 4.32. The number of carbonyl (C=O) groups excluding carboxylic acids is 1. The molecule has 0 amide bonds. The third-order valence-electron chi connectivity index (χ3n) is 1.35. The van der Waals surface area contributed by atoms with Crippen molar-refractivity contribution in [3.63, 3.8) is 0 Å². The van der Waals surface area contributed by atoms with E-state index in [1.807, 2.05) is 25.2 Å². The highest BCUT2D eigenvalue weighted by Crippen LogP contribution is 2.00. The third kappa shape index (κ3) is 7.06. The molecule has 0 radical (unpaired) electrons. The van der Waals surface area contributed by atoms with Gasteiger partial charge in [0.25, 0.3) is 0 Å². The molecule has 2 nitrogen and oxygen atoms in total. The molecule has 13 heavy (non-hydrogen) atoms. The average molecular weight is 180 g/mol.